The third-order valence-corrected chi connectivity index (χ3v) is 10.6. The van der Waals surface area contributed by atoms with Gasteiger partial charge in [0.2, 0.25) is 11.6 Å². The van der Waals surface area contributed by atoms with Crippen LogP contribution in [-0.2, 0) is 9.53 Å². The van der Waals surface area contributed by atoms with Crippen LogP contribution >= 0.6 is 11.6 Å². The van der Waals surface area contributed by atoms with Gasteiger partial charge in [-0.25, -0.2) is 9.18 Å². The first kappa shape index (κ1) is 34.9. The number of nitrogens with one attached hydrogen (secondary N) is 1. The Bertz CT molecular complexity index is 2300. The van der Waals surface area contributed by atoms with Crippen molar-refractivity contribution in [3.63, 3.8) is 0 Å². The minimum atomic E-state index is -0.714. The lowest BCUT2D eigenvalue weighted by atomic mass is 9.99. The van der Waals surface area contributed by atoms with E-state index in [0.29, 0.717) is 42.4 Å². The van der Waals surface area contributed by atoms with Gasteiger partial charge in [-0.3, -0.25) is 14.8 Å². The predicted molar refractivity (Wildman–Crippen MR) is 197 cm³/mol. The maximum Gasteiger partial charge on any atom is 0.411 e. The van der Waals surface area contributed by atoms with E-state index in [9.17, 15) is 14.8 Å². The second-order valence-corrected chi connectivity index (χ2v) is 14.0. The van der Waals surface area contributed by atoms with Gasteiger partial charge in [0.1, 0.15) is 12.4 Å². The summed E-state index contributed by atoms with van der Waals surface area (Å²) in [7, 11) is 1.30. The van der Waals surface area contributed by atoms with Gasteiger partial charge in [-0.2, -0.15) is 14.5 Å². The van der Waals surface area contributed by atoms with E-state index in [-0.39, 0.29) is 33.9 Å². The number of carbonyl (C=O) groups excluding carboxylic acids is 2. The molecule has 2 aliphatic rings. The van der Waals surface area contributed by atoms with Crippen molar-refractivity contribution in [2.75, 3.05) is 25.5 Å². The Morgan fingerprint density at radius 1 is 1.06 bits per heavy atom. The zero-order valence-corrected chi connectivity index (χ0v) is 29.9. The van der Waals surface area contributed by atoms with E-state index in [1.807, 2.05) is 41.4 Å². The summed E-state index contributed by atoms with van der Waals surface area (Å²) < 4.78 is 24.1. The summed E-state index contributed by atoms with van der Waals surface area (Å²) >= 11 is 6.19. The molecule has 1 saturated carbocycles. The fourth-order valence-electron chi connectivity index (χ4n) is 7.40. The smallest absolute Gasteiger partial charge is 0.411 e. The van der Waals surface area contributed by atoms with Crippen LogP contribution in [0.5, 0.6) is 0 Å². The van der Waals surface area contributed by atoms with Crippen molar-refractivity contribution in [1.29, 1.82) is 0 Å². The maximum atomic E-state index is 15.6. The number of ether oxygens (including phenoxy) is 1. The van der Waals surface area contributed by atoms with Crippen molar-refractivity contribution < 1.29 is 23.4 Å². The second kappa shape index (κ2) is 14.7. The van der Waals surface area contributed by atoms with Crippen LogP contribution in [0.25, 0.3) is 27.9 Å². The zero-order chi connectivity index (χ0) is 37.3. The van der Waals surface area contributed by atoms with E-state index in [1.54, 1.807) is 41.2 Å². The summed E-state index contributed by atoms with van der Waals surface area (Å²) in [5, 5.41) is 32.4. The molecule has 1 N–H and O–H groups in total. The maximum absolute atomic E-state index is 15.6. The lowest BCUT2D eigenvalue weighted by Gasteiger charge is -2.20. The Labute approximate surface area is 314 Å². The van der Waals surface area contributed by atoms with Crippen LogP contribution in [0.1, 0.15) is 42.5 Å². The monoisotopic (exact) mass is 747 g/mol. The van der Waals surface area contributed by atoms with Crippen molar-refractivity contribution in [1.82, 2.24) is 34.9 Å². The quantitative estimate of drug-likeness (QED) is 0.125. The number of halogens is 2. The molecule has 13 nitrogen and oxygen atoms in total. The zero-order valence-electron chi connectivity index (χ0n) is 29.1. The second-order valence-electron chi connectivity index (χ2n) is 13.6. The minimum Gasteiger partial charge on any atom is -0.618 e. The SMILES string of the molecule is COC(=O)Nc1ccc(-c2cnn(C(C[C@@H]3C[C@@H]3C(=O)N3CCC(c4ccccc4)C3)c3ccc(-c4c(-n5cnnn5)ccc(Cl)c4F)c[n+]3[O-])c2)cc1. The molecule has 6 aromatic rings. The third-order valence-electron chi connectivity index (χ3n) is 10.4. The molecule has 4 atom stereocenters. The number of pyridine rings is 1. The number of likely N-dealkylation sites (tertiary alicyclic amines) is 1. The Kier molecular flexibility index (Phi) is 9.50. The average molecular weight is 748 g/mol. The summed E-state index contributed by atoms with van der Waals surface area (Å²) in [6.07, 6.45) is 7.77. The number of nitrogens with zero attached hydrogens (tertiary/aromatic N) is 8. The molecule has 0 spiro atoms. The molecule has 274 valence electrons. The van der Waals surface area contributed by atoms with Gasteiger partial charge in [0.15, 0.2) is 12.0 Å². The molecule has 3 aromatic carbocycles. The molecule has 0 radical (unpaired) electrons. The topological polar surface area (TPSA) is 147 Å². The van der Waals surface area contributed by atoms with E-state index in [1.165, 1.54) is 35.9 Å². The first-order chi connectivity index (χ1) is 26.3. The highest BCUT2D eigenvalue weighted by Gasteiger charge is 2.48. The molecular weight excluding hydrogens is 713 g/mol. The number of benzene rings is 3. The lowest BCUT2D eigenvalue weighted by molar-refractivity contribution is -0.615. The first-order valence-electron chi connectivity index (χ1n) is 17.6. The number of anilines is 1. The number of methoxy groups -OCH3 is 1. The highest BCUT2D eigenvalue weighted by molar-refractivity contribution is 6.31. The number of aromatic nitrogens is 7. The summed E-state index contributed by atoms with van der Waals surface area (Å²) in [6, 6.07) is 23.3. The van der Waals surface area contributed by atoms with Crippen molar-refractivity contribution in [3.05, 3.63) is 131 Å². The van der Waals surface area contributed by atoms with Crippen LogP contribution < -0.4 is 10.0 Å². The fourth-order valence-corrected chi connectivity index (χ4v) is 7.56. The molecule has 2 fully saturated rings. The highest BCUT2D eigenvalue weighted by atomic mass is 35.5. The first-order valence-corrected chi connectivity index (χ1v) is 17.9. The standard InChI is InChI=1S/C39H35ClFN9O4/c1-54-39(52)44-30-10-7-25(8-11-30)29-19-43-48(21-29)35(18-28-17-31(28)38(51)47-16-15-26(20-47)24-5-3-2-4-6-24)33-13-9-27(22-50(33)53)36-34(49-23-42-45-46-49)14-12-32(40)37(36)41/h2-14,19,21-23,26,28,31,35H,15-18,20H2,1H3,(H,44,52)/t26?,28-,31-,35?/m0/s1. The third kappa shape index (κ3) is 6.99. The Morgan fingerprint density at radius 3 is 2.59 bits per heavy atom. The van der Waals surface area contributed by atoms with Gasteiger partial charge in [0.05, 0.1) is 35.1 Å². The van der Waals surface area contributed by atoms with Crippen molar-refractivity contribution in [2.24, 2.45) is 11.8 Å². The van der Waals surface area contributed by atoms with Crippen LogP contribution in [0.4, 0.5) is 14.9 Å². The van der Waals surface area contributed by atoms with Crippen LogP contribution in [0.3, 0.4) is 0 Å². The molecule has 1 aliphatic heterocycles. The molecule has 54 heavy (non-hydrogen) atoms. The molecule has 2 unspecified atom stereocenters. The number of rotatable bonds is 10. The van der Waals surface area contributed by atoms with Crippen LogP contribution in [0.2, 0.25) is 5.02 Å². The average Bonchev–Trinajstić information content (AvgIpc) is 3.63. The van der Waals surface area contributed by atoms with Crippen molar-refractivity contribution in [2.45, 2.75) is 31.2 Å². The Morgan fingerprint density at radius 2 is 1.85 bits per heavy atom. The van der Waals surface area contributed by atoms with Gasteiger partial charge in [0, 0.05) is 48.4 Å². The van der Waals surface area contributed by atoms with Gasteiger partial charge in [-0.15, -0.1) is 5.10 Å². The normalized spacial score (nSPS) is 18.4. The van der Waals surface area contributed by atoms with E-state index < -0.39 is 18.0 Å². The predicted octanol–water partition coefficient (Wildman–Crippen LogP) is 6.43. The number of tetrazole rings is 1. The van der Waals surface area contributed by atoms with Gasteiger partial charge in [-0.1, -0.05) is 54.1 Å². The van der Waals surface area contributed by atoms with E-state index in [2.05, 4.69) is 37.7 Å². The van der Waals surface area contributed by atoms with Crippen LogP contribution in [-0.4, -0.2) is 67.1 Å². The van der Waals surface area contributed by atoms with Crippen LogP contribution in [0.15, 0.2) is 104 Å². The van der Waals surface area contributed by atoms with E-state index in [4.69, 9.17) is 16.7 Å². The van der Waals surface area contributed by atoms with Crippen molar-refractivity contribution in [3.8, 4) is 27.9 Å². The molecule has 2 amide bonds. The number of carbonyl (C=O) groups is 2. The van der Waals surface area contributed by atoms with Crippen LogP contribution in [0, 0.1) is 22.9 Å². The lowest BCUT2D eigenvalue weighted by Crippen LogP contribution is -2.36. The molecule has 15 heteroatoms. The summed E-state index contributed by atoms with van der Waals surface area (Å²) in [6.45, 7) is 1.41. The molecule has 3 aromatic heterocycles. The molecule has 1 aliphatic carbocycles. The van der Waals surface area contributed by atoms with Gasteiger partial charge in [0.25, 0.3) is 0 Å². The van der Waals surface area contributed by atoms with Gasteiger partial charge < -0.3 is 14.8 Å². The summed E-state index contributed by atoms with van der Waals surface area (Å²) in [5.41, 5.74) is 4.48. The Balaban J connectivity index is 1.08. The molecule has 1 saturated heterocycles. The summed E-state index contributed by atoms with van der Waals surface area (Å²) in [4.78, 5) is 27.4. The molecule has 8 rings (SSSR count). The number of amides is 2. The minimum absolute atomic E-state index is 0.0334. The fraction of sp³-hybridized carbons (Fsp3) is 0.256. The number of hydrogen-bond acceptors (Lipinski definition) is 8. The van der Waals surface area contributed by atoms with E-state index in [0.717, 1.165) is 28.8 Å². The van der Waals surface area contributed by atoms with E-state index >= 15 is 4.39 Å². The Hall–Kier alpha value is -6.15. The van der Waals surface area contributed by atoms with Gasteiger partial charge >= 0.3 is 6.09 Å². The van der Waals surface area contributed by atoms with Gasteiger partial charge in [-0.05, 0) is 77.1 Å². The summed E-state index contributed by atoms with van der Waals surface area (Å²) in [5.74, 6) is -0.363. The molecule has 4 heterocycles. The van der Waals surface area contributed by atoms with Crippen molar-refractivity contribution >= 4 is 29.3 Å². The molecule has 0 bridgehead atoms. The highest BCUT2D eigenvalue weighted by Crippen LogP contribution is 2.47. The number of hydrogen-bond donors (Lipinski definition) is 1. The molecular formula is C39H35ClFN9O4. The largest absolute Gasteiger partial charge is 0.618 e.